The third kappa shape index (κ3) is 11.2. The SMILES string of the molecule is C=C(OCCOCCOCCOCCOCCO)c1ccccc1. The molecule has 24 heavy (non-hydrogen) atoms. The highest BCUT2D eigenvalue weighted by Crippen LogP contribution is 2.12. The molecule has 1 aromatic rings. The number of benzene rings is 1. The summed E-state index contributed by atoms with van der Waals surface area (Å²) in [5.74, 6) is 0.649. The van der Waals surface area contributed by atoms with Gasteiger partial charge in [0.25, 0.3) is 0 Å². The van der Waals surface area contributed by atoms with Gasteiger partial charge in [-0.15, -0.1) is 0 Å². The van der Waals surface area contributed by atoms with Gasteiger partial charge in [-0.05, 0) is 0 Å². The van der Waals surface area contributed by atoms with Crippen LogP contribution in [0.25, 0.3) is 5.76 Å². The molecular weight excluding hydrogens is 312 g/mol. The molecule has 0 aliphatic heterocycles. The van der Waals surface area contributed by atoms with Gasteiger partial charge in [0, 0.05) is 5.56 Å². The summed E-state index contributed by atoms with van der Waals surface area (Å²) in [4.78, 5) is 0. The van der Waals surface area contributed by atoms with Crippen LogP contribution in [0, 0.1) is 0 Å². The van der Waals surface area contributed by atoms with Crippen LogP contribution >= 0.6 is 0 Å². The average molecular weight is 340 g/mol. The molecule has 0 aliphatic carbocycles. The smallest absolute Gasteiger partial charge is 0.119 e. The van der Waals surface area contributed by atoms with Crippen LogP contribution in [0.15, 0.2) is 36.9 Å². The summed E-state index contributed by atoms with van der Waals surface area (Å²) in [6.45, 7) is 8.28. The first-order valence-corrected chi connectivity index (χ1v) is 8.13. The molecule has 0 aromatic heterocycles. The maximum absolute atomic E-state index is 8.51. The molecule has 0 heterocycles. The van der Waals surface area contributed by atoms with Crippen molar-refractivity contribution < 1.29 is 28.8 Å². The normalized spacial score (nSPS) is 10.7. The van der Waals surface area contributed by atoms with E-state index >= 15 is 0 Å². The highest BCUT2D eigenvalue weighted by atomic mass is 16.6. The monoisotopic (exact) mass is 340 g/mol. The molecule has 0 saturated carbocycles. The Balaban J connectivity index is 1.80. The lowest BCUT2D eigenvalue weighted by Gasteiger charge is -2.10. The standard InChI is InChI=1S/C18H28O6/c1-17(18-5-3-2-4-6-18)24-16-15-23-14-13-22-12-11-21-10-9-20-8-7-19/h2-6,19H,1,7-16H2. The summed E-state index contributed by atoms with van der Waals surface area (Å²) in [6.07, 6.45) is 0. The molecule has 0 saturated heterocycles. The maximum Gasteiger partial charge on any atom is 0.119 e. The van der Waals surface area contributed by atoms with Gasteiger partial charge in [0.15, 0.2) is 0 Å². The highest BCUT2D eigenvalue weighted by Gasteiger charge is 1.98. The fourth-order valence-corrected chi connectivity index (χ4v) is 1.76. The lowest BCUT2D eigenvalue weighted by molar-refractivity contribution is -0.00854. The quantitative estimate of drug-likeness (QED) is 0.365. The van der Waals surface area contributed by atoms with Crippen molar-refractivity contribution in [1.29, 1.82) is 0 Å². The van der Waals surface area contributed by atoms with E-state index in [2.05, 4.69) is 6.58 Å². The topological polar surface area (TPSA) is 66.4 Å². The third-order valence-electron chi connectivity index (χ3n) is 2.95. The Labute approximate surface area is 143 Å². The van der Waals surface area contributed by atoms with E-state index in [0.717, 1.165) is 5.56 Å². The molecule has 0 fully saturated rings. The summed E-state index contributed by atoms with van der Waals surface area (Å²) >= 11 is 0. The Morgan fingerprint density at radius 1 is 0.708 bits per heavy atom. The Bertz CT molecular complexity index is 409. The first kappa shape index (κ1) is 20.6. The highest BCUT2D eigenvalue weighted by molar-refractivity contribution is 5.56. The summed E-state index contributed by atoms with van der Waals surface area (Å²) in [5.41, 5.74) is 0.975. The zero-order valence-corrected chi connectivity index (χ0v) is 14.2. The molecule has 1 aromatic carbocycles. The Kier molecular flexibility index (Phi) is 13.0. The second-order valence-electron chi connectivity index (χ2n) is 4.81. The zero-order chi connectivity index (χ0) is 17.3. The van der Waals surface area contributed by atoms with Gasteiger partial charge in [-0.3, -0.25) is 0 Å². The lowest BCUT2D eigenvalue weighted by Crippen LogP contribution is -2.13. The Morgan fingerprint density at radius 3 is 1.67 bits per heavy atom. The van der Waals surface area contributed by atoms with Crippen LogP contribution in [0.1, 0.15) is 5.56 Å². The lowest BCUT2D eigenvalue weighted by atomic mass is 10.2. The van der Waals surface area contributed by atoms with Gasteiger partial charge in [-0.1, -0.05) is 36.9 Å². The third-order valence-corrected chi connectivity index (χ3v) is 2.95. The van der Waals surface area contributed by atoms with E-state index in [9.17, 15) is 0 Å². The van der Waals surface area contributed by atoms with Crippen molar-refractivity contribution >= 4 is 5.76 Å². The van der Waals surface area contributed by atoms with Crippen LogP contribution in [0.3, 0.4) is 0 Å². The van der Waals surface area contributed by atoms with E-state index in [4.69, 9.17) is 28.8 Å². The molecule has 6 nitrogen and oxygen atoms in total. The molecule has 0 spiro atoms. The van der Waals surface area contributed by atoms with Crippen LogP contribution in [0.4, 0.5) is 0 Å². The second kappa shape index (κ2) is 15.1. The molecule has 136 valence electrons. The summed E-state index contributed by atoms with van der Waals surface area (Å²) in [5, 5.41) is 8.51. The van der Waals surface area contributed by atoms with Crippen LogP contribution in [-0.4, -0.2) is 71.2 Å². The summed E-state index contributed by atoms with van der Waals surface area (Å²) in [6, 6.07) is 9.76. The fraction of sp³-hybridized carbons (Fsp3) is 0.556. The van der Waals surface area contributed by atoms with Crippen molar-refractivity contribution in [2.24, 2.45) is 0 Å². The molecule has 0 aliphatic rings. The number of aliphatic hydroxyl groups excluding tert-OH is 1. The minimum atomic E-state index is 0.0362. The summed E-state index contributed by atoms with van der Waals surface area (Å²) in [7, 11) is 0. The number of ether oxygens (including phenoxy) is 5. The van der Waals surface area contributed by atoms with Crippen molar-refractivity contribution in [2.75, 3.05) is 66.1 Å². The predicted octanol–water partition coefficient (Wildman–Crippen LogP) is 1.73. The number of rotatable bonds is 16. The fourth-order valence-electron chi connectivity index (χ4n) is 1.76. The average Bonchev–Trinajstić information content (AvgIpc) is 2.62. The first-order valence-electron chi connectivity index (χ1n) is 8.13. The minimum absolute atomic E-state index is 0.0362. The van der Waals surface area contributed by atoms with E-state index in [1.54, 1.807) is 0 Å². The van der Waals surface area contributed by atoms with E-state index in [1.165, 1.54) is 0 Å². The van der Waals surface area contributed by atoms with Crippen LogP contribution in [0.5, 0.6) is 0 Å². The molecule has 0 unspecified atom stereocenters. The Hall–Kier alpha value is -1.44. The van der Waals surface area contributed by atoms with Gasteiger partial charge in [0.1, 0.15) is 12.4 Å². The zero-order valence-electron chi connectivity index (χ0n) is 14.2. The molecule has 0 amide bonds. The molecule has 0 atom stereocenters. The number of aliphatic hydroxyl groups is 1. The van der Waals surface area contributed by atoms with E-state index in [0.29, 0.717) is 65.2 Å². The molecule has 0 bridgehead atoms. The molecular formula is C18H28O6. The van der Waals surface area contributed by atoms with Gasteiger partial charge < -0.3 is 28.8 Å². The second-order valence-corrected chi connectivity index (χ2v) is 4.81. The van der Waals surface area contributed by atoms with Crippen molar-refractivity contribution in [2.45, 2.75) is 0 Å². The van der Waals surface area contributed by atoms with Gasteiger partial charge in [-0.25, -0.2) is 0 Å². The minimum Gasteiger partial charge on any atom is -0.491 e. The van der Waals surface area contributed by atoms with Crippen molar-refractivity contribution in [3.63, 3.8) is 0 Å². The van der Waals surface area contributed by atoms with Crippen LogP contribution in [-0.2, 0) is 23.7 Å². The van der Waals surface area contributed by atoms with E-state index < -0.39 is 0 Å². The molecule has 1 N–H and O–H groups in total. The molecule has 6 heteroatoms. The van der Waals surface area contributed by atoms with Crippen molar-refractivity contribution in [1.82, 2.24) is 0 Å². The van der Waals surface area contributed by atoms with Crippen molar-refractivity contribution in [3.8, 4) is 0 Å². The van der Waals surface area contributed by atoms with Gasteiger partial charge in [-0.2, -0.15) is 0 Å². The largest absolute Gasteiger partial charge is 0.491 e. The van der Waals surface area contributed by atoms with Crippen molar-refractivity contribution in [3.05, 3.63) is 42.5 Å². The van der Waals surface area contributed by atoms with Gasteiger partial charge >= 0.3 is 0 Å². The molecule has 0 radical (unpaired) electrons. The molecule has 1 rings (SSSR count). The maximum atomic E-state index is 8.51. The van der Waals surface area contributed by atoms with Crippen LogP contribution in [0.2, 0.25) is 0 Å². The van der Waals surface area contributed by atoms with Crippen LogP contribution < -0.4 is 0 Å². The number of hydrogen-bond donors (Lipinski definition) is 1. The van der Waals surface area contributed by atoms with E-state index in [1.807, 2.05) is 30.3 Å². The Morgan fingerprint density at radius 2 is 1.17 bits per heavy atom. The summed E-state index contributed by atoms with van der Waals surface area (Å²) < 4.78 is 26.7. The van der Waals surface area contributed by atoms with Gasteiger partial charge in [0.05, 0.1) is 59.5 Å². The number of hydrogen-bond acceptors (Lipinski definition) is 6. The first-order chi connectivity index (χ1) is 11.8. The van der Waals surface area contributed by atoms with Gasteiger partial charge in [0.2, 0.25) is 0 Å². The predicted molar refractivity (Wildman–Crippen MR) is 91.8 cm³/mol. The van der Waals surface area contributed by atoms with E-state index in [-0.39, 0.29) is 6.61 Å².